The van der Waals surface area contributed by atoms with Gasteiger partial charge in [-0.15, -0.1) is 0 Å². The Morgan fingerprint density at radius 1 is 1.15 bits per heavy atom. The summed E-state index contributed by atoms with van der Waals surface area (Å²) in [6, 6.07) is 3.24. The molecule has 1 aromatic carbocycles. The van der Waals surface area contributed by atoms with E-state index in [2.05, 4.69) is 4.98 Å². The molecule has 14 heteroatoms. The van der Waals surface area contributed by atoms with E-state index in [1.807, 2.05) is 20.8 Å². The van der Waals surface area contributed by atoms with E-state index in [0.717, 1.165) is 0 Å². The number of aryl methyl sites for hydroxylation is 1. The van der Waals surface area contributed by atoms with E-state index in [4.69, 9.17) is 27.8 Å². The third-order valence-corrected chi connectivity index (χ3v) is 7.33. The van der Waals surface area contributed by atoms with Crippen molar-refractivity contribution in [1.82, 2.24) is 9.55 Å². The van der Waals surface area contributed by atoms with Gasteiger partial charge in [-0.1, -0.05) is 26.8 Å². The normalized spacial score (nSPS) is 22.1. The van der Waals surface area contributed by atoms with Crippen molar-refractivity contribution >= 4 is 19.8 Å². The Kier molecular flexibility index (Phi) is 8.23. The monoisotopic (exact) mass is 578 g/mol. The van der Waals surface area contributed by atoms with E-state index < -0.39 is 55.0 Å². The third kappa shape index (κ3) is 6.61. The molecule has 3 atom stereocenters. The maximum Gasteiger partial charge on any atom is 0.530 e. The van der Waals surface area contributed by atoms with Crippen molar-refractivity contribution in [3.05, 3.63) is 73.6 Å². The van der Waals surface area contributed by atoms with E-state index in [1.165, 1.54) is 24.6 Å². The van der Waals surface area contributed by atoms with E-state index in [1.54, 1.807) is 31.2 Å². The van der Waals surface area contributed by atoms with Crippen molar-refractivity contribution in [2.45, 2.75) is 72.2 Å². The Labute approximate surface area is 229 Å². The van der Waals surface area contributed by atoms with Crippen LogP contribution in [0, 0.1) is 6.92 Å². The molecule has 40 heavy (non-hydrogen) atoms. The summed E-state index contributed by atoms with van der Waals surface area (Å²) in [6.45, 7) is 9.31. The summed E-state index contributed by atoms with van der Waals surface area (Å²) in [5, 5.41) is 0. The van der Waals surface area contributed by atoms with Gasteiger partial charge in [-0.05, 0) is 30.5 Å². The number of esters is 2. The predicted octanol–water partition coefficient (Wildman–Crippen LogP) is 3.45. The van der Waals surface area contributed by atoms with Crippen molar-refractivity contribution in [2.75, 3.05) is 6.61 Å². The second kappa shape index (κ2) is 11.2. The minimum absolute atomic E-state index is 0.160. The summed E-state index contributed by atoms with van der Waals surface area (Å²) < 4.78 is 47.8. The van der Waals surface area contributed by atoms with Crippen molar-refractivity contribution in [3.8, 4) is 5.75 Å². The number of phosphoric ester groups is 1. The van der Waals surface area contributed by atoms with Crippen LogP contribution in [0.25, 0.3) is 0 Å². The van der Waals surface area contributed by atoms with Gasteiger partial charge in [0.15, 0.2) is 6.23 Å². The molecule has 13 nitrogen and oxygen atoms in total. The molecule has 3 heterocycles. The molecule has 1 N–H and O–H groups in total. The largest absolute Gasteiger partial charge is 0.530 e. The highest BCUT2D eigenvalue weighted by Crippen LogP contribution is 2.57. The molecule has 2 aliphatic rings. The number of aromatic nitrogens is 2. The summed E-state index contributed by atoms with van der Waals surface area (Å²) in [6.07, 6.45) is 1.88. The van der Waals surface area contributed by atoms with E-state index >= 15 is 0 Å². The Morgan fingerprint density at radius 3 is 2.45 bits per heavy atom. The molecule has 216 valence electrons. The molecule has 4 rings (SSSR count). The number of carbonyl (C=O) groups excluding carboxylic acids is 2. The smallest absolute Gasteiger partial charge is 0.421 e. The van der Waals surface area contributed by atoms with Crippen LogP contribution in [0.15, 0.2) is 40.1 Å². The molecule has 0 spiro atoms. The zero-order valence-electron chi connectivity index (χ0n) is 22.9. The number of aromatic amines is 1. The second-order valence-electron chi connectivity index (χ2n) is 10.4. The molecule has 0 unspecified atom stereocenters. The lowest BCUT2D eigenvalue weighted by Crippen LogP contribution is -2.33. The summed E-state index contributed by atoms with van der Waals surface area (Å²) in [4.78, 5) is 49.3. The molecule has 0 saturated carbocycles. The number of rotatable bonds is 7. The first-order valence-corrected chi connectivity index (χ1v) is 13.9. The van der Waals surface area contributed by atoms with Crippen LogP contribution in [0.5, 0.6) is 5.75 Å². The first-order chi connectivity index (χ1) is 18.6. The van der Waals surface area contributed by atoms with Crippen LogP contribution in [-0.2, 0) is 49.4 Å². The number of hydrogen-bond donors (Lipinski definition) is 1. The van der Waals surface area contributed by atoms with Crippen LogP contribution < -0.4 is 15.8 Å². The fourth-order valence-electron chi connectivity index (χ4n) is 4.12. The van der Waals surface area contributed by atoms with Crippen LogP contribution in [0.2, 0.25) is 0 Å². The molecular weight excluding hydrogens is 547 g/mol. The van der Waals surface area contributed by atoms with Crippen molar-refractivity contribution in [2.24, 2.45) is 0 Å². The third-order valence-electron chi connectivity index (χ3n) is 6.02. The molecule has 2 aliphatic heterocycles. The number of carbonyl (C=O) groups is 2. The van der Waals surface area contributed by atoms with Gasteiger partial charge >= 0.3 is 25.5 Å². The average Bonchev–Trinajstić information content (AvgIpc) is 3.32. The van der Waals surface area contributed by atoms with Gasteiger partial charge in [0.2, 0.25) is 0 Å². The zero-order chi connectivity index (χ0) is 29.4. The van der Waals surface area contributed by atoms with E-state index in [-0.39, 0.29) is 19.0 Å². The van der Waals surface area contributed by atoms with E-state index in [0.29, 0.717) is 22.3 Å². The Balaban J connectivity index is 1.52. The van der Waals surface area contributed by atoms with Crippen molar-refractivity contribution < 1.29 is 41.9 Å². The molecular formula is C26H31N2O11P. The van der Waals surface area contributed by atoms with Crippen LogP contribution in [-0.4, -0.2) is 34.2 Å². The number of nitrogens with zero attached hydrogens (tertiary/aromatic N) is 1. The molecule has 0 aliphatic carbocycles. The fraction of sp³-hybridized carbons (Fsp3) is 0.462. The molecule has 0 fully saturated rings. The number of ether oxygens (including phenoxy) is 3. The topological polar surface area (TPSA) is 161 Å². The van der Waals surface area contributed by atoms with Gasteiger partial charge in [0.25, 0.3) is 11.8 Å². The highest BCUT2D eigenvalue weighted by Gasteiger charge is 2.39. The summed E-state index contributed by atoms with van der Waals surface area (Å²) >= 11 is 0. The molecule has 1 aromatic heterocycles. The molecule has 0 radical (unpaired) electrons. The highest BCUT2D eigenvalue weighted by molar-refractivity contribution is 7.49. The standard InChI is InChI=1S/C26H31N2O11P/c1-14-11-28(25(32)27-23(14)31)21-8-7-19(38-21)13-35-40(33)34-12-18-9-17(24(36-15(2)29)37-16(3)30)10-20(22(18)39-40)26(4,5)6/h7-11,19,21,24H,12-13H2,1-6H3,(H,27,31,32)/t19-,21+,40-/m0/s1. The van der Waals surface area contributed by atoms with Crippen LogP contribution in [0.3, 0.4) is 0 Å². The first kappa shape index (κ1) is 29.5. The molecule has 0 saturated heterocycles. The fourth-order valence-corrected chi connectivity index (χ4v) is 5.36. The zero-order valence-corrected chi connectivity index (χ0v) is 23.8. The minimum Gasteiger partial charge on any atom is -0.421 e. The number of phosphoric acid groups is 1. The maximum atomic E-state index is 13.4. The number of H-pyrrole nitrogens is 1. The number of nitrogens with one attached hydrogen (secondary N) is 1. The summed E-state index contributed by atoms with van der Waals surface area (Å²) in [5.41, 5.74) is 0.159. The highest BCUT2D eigenvalue weighted by atomic mass is 31.2. The van der Waals surface area contributed by atoms with Gasteiger partial charge in [0, 0.05) is 42.3 Å². The van der Waals surface area contributed by atoms with Crippen LogP contribution in [0.4, 0.5) is 0 Å². The SMILES string of the molecule is CC(=O)OC(OC(C)=O)c1cc2c(c(C(C)(C)C)c1)O[P@](=O)(OC[C@@H]1C=C[C@H](n3cc(C)c(=O)[nH]c3=O)O1)OC2. The first-order valence-electron chi connectivity index (χ1n) is 12.4. The van der Waals surface area contributed by atoms with Crippen LogP contribution >= 0.6 is 7.82 Å². The van der Waals surface area contributed by atoms with Gasteiger partial charge < -0.3 is 18.7 Å². The van der Waals surface area contributed by atoms with Gasteiger partial charge in [-0.2, -0.15) is 0 Å². The Bertz CT molecular complexity index is 1500. The number of hydrogen-bond acceptors (Lipinski definition) is 11. The predicted molar refractivity (Wildman–Crippen MR) is 140 cm³/mol. The summed E-state index contributed by atoms with van der Waals surface area (Å²) in [7, 11) is -4.09. The Morgan fingerprint density at radius 2 is 1.82 bits per heavy atom. The van der Waals surface area contributed by atoms with E-state index in [9.17, 15) is 23.7 Å². The molecule has 0 amide bonds. The minimum atomic E-state index is -4.09. The maximum absolute atomic E-state index is 13.4. The number of benzene rings is 1. The van der Waals surface area contributed by atoms with Gasteiger partial charge in [0.05, 0.1) is 13.2 Å². The second-order valence-corrected chi connectivity index (χ2v) is 12.0. The van der Waals surface area contributed by atoms with Gasteiger partial charge in [-0.25, -0.2) is 9.36 Å². The number of fused-ring (bicyclic) bond motifs is 1. The average molecular weight is 579 g/mol. The van der Waals surface area contributed by atoms with Crippen molar-refractivity contribution in [1.29, 1.82) is 0 Å². The molecule has 2 aromatic rings. The van der Waals surface area contributed by atoms with Crippen LogP contribution in [0.1, 0.15) is 69.4 Å². The lowest BCUT2D eigenvalue weighted by molar-refractivity contribution is -0.186. The summed E-state index contributed by atoms with van der Waals surface area (Å²) in [5.74, 6) is -0.999. The Hall–Kier alpha value is -3.51. The van der Waals surface area contributed by atoms with Crippen molar-refractivity contribution in [3.63, 3.8) is 0 Å². The lowest BCUT2D eigenvalue weighted by Gasteiger charge is -2.32. The van der Waals surface area contributed by atoms with Gasteiger partial charge in [-0.3, -0.25) is 33.0 Å². The molecule has 0 bridgehead atoms. The van der Waals surface area contributed by atoms with Gasteiger partial charge in [0.1, 0.15) is 11.9 Å². The lowest BCUT2D eigenvalue weighted by atomic mass is 9.84. The quantitative estimate of drug-likeness (QED) is 0.222.